The third-order valence-electron chi connectivity index (χ3n) is 1.95. The summed E-state index contributed by atoms with van der Waals surface area (Å²) in [6.45, 7) is 3.66. The van der Waals surface area contributed by atoms with Gasteiger partial charge in [-0.2, -0.15) is 0 Å². The van der Waals surface area contributed by atoms with Crippen LogP contribution in [0, 0.1) is 13.8 Å². The van der Waals surface area contributed by atoms with Crippen LogP contribution in [0.1, 0.15) is 11.1 Å². The summed E-state index contributed by atoms with van der Waals surface area (Å²) in [4.78, 5) is 0.310. The van der Waals surface area contributed by atoms with Gasteiger partial charge in [-0.15, -0.1) is 3.75 Å². The predicted octanol–water partition coefficient (Wildman–Crippen LogP) is 1.89. The lowest BCUT2D eigenvalue weighted by Crippen LogP contribution is -2.14. The molecule has 0 unspecified atom stereocenters. The molecule has 1 aromatic carbocycles. The molecular formula is C8H10BrNO2S. The zero-order valence-electron chi connectivity index (χ0n) is 7.33. The highest BCUT2D eigenvalue weighted by molar-refractivity contribution is 9.09. The summed E-state index contributed by atoms with van der Waals surface area (Å²) >= 11 is 2.73. The van der Waals surface area contributed by atoms with Crippen LogP contribution < -0.4 is 3.75 Å². The quantitative estimate of drug-likeness (QED) is 0.829. The molecule has 0 radical (unpaired) electrons. The van der Waals surface area contributed by atoms with Gasteiger partial charge in [-0.1, -0.05) is 12.1 Å². The molecular weight excluding hydrogens is 254 g/mol. The van der Waals surface area contributed by atoms with E-state index < -0.39 is 10.0 Å². The van der Waals surface area contributed by atoms with Gasteiger partial charge in [-0.05, 0) is 31.0 Å². The van der Waals surface area contributed by atoms with Crippen LogP contribution >= 0.6 is 16.1 Å². The molecule has 0 aliphatic carbocycles. The molecule has 0 aliphatic rings. The van der Waals surface area contributed by atoms with E-state index in [0.717, 1.165) is 11.1 Å². The van der Waals surface area contributed by atoms with Crippen LogP contribution in [-0.2, 0) is 10.0 Å². The Balaban J connectivity index is 3.40. The van der Waals surface area contributed by atoms with Gasteiger partial charge in [-0.3, -0.25) is 0 Å². The summed E-state index contributed by atoms with van der Waals surface area (Å²) in [5.74, 6) is 0. The SMILES string of the molecule is Cc1cccc(S(=O)(=O)NBr)c1C. The molecule has 0 aliphatic heterocycles. The number of aryl methyl sites for hydroxylation is 1. The molecule has 13 heavy (non-hydrogen) atoms. The van der Waals surface area contributed by atoms with E-state index in [1.807, 2.05) is 13.0 Å². The van der Waals surface area contributed by atoms with E-state index in [-0.39, 0.29) is 0 Å². The van der Waals surface area contributed by atoms with Gasteiger partial charge in [0, 0.05) is 16.1 Å². The lowest BCUT2D eigenvalue weighted by Gasteiger charge is -2.06. The zero-order valence-corrected chi connectivity index (χ0v) is 9.74. The molecule has 3 nitrogen and oxygen atoms in total. The number of sulfonamides is 1. The topological polar surface area (TPSA) is 46.2 Å². The number of benzene rings is 1. The van der Waals surface area contributed by atoms with Crippen molar-refractivity contribution in [1.29, 1.82) is 0 Å². The molecule has 0 saturated carbocycles. The summed E-state index contributed by atoms with van der Waals surface area (Å²) in [6, 6.07) is 5.17. The van der Waals surface area contributed by atoms with E-state index in [1.54, 1.807) is 19.1 Å². The fourth-order valence-electron chi connectivity index (χ4n) is 1.06. The first-order chi connectivity index (χ1) is 5.99. The Morgan fingerprint density at radius 2 is 1.92 bits per heavy atom. The number of hydrogen-bond acceptors (Lipinski definition) is 2. The maximum atomic E-state index is 11.4. The van der Waals surface area contributed by atoms with Crippen molar-refractivity contribution in [2.45, 2.75) is 18.7 Å². The predicted molar refractivity (Wildman–Crippen MR) is 55.2 cm³/mol. The third-order valence-corrected chi connectivity index (χ3v) is 4.45. The van der Waals surface area contributed by atoms with Crippen LogP contribution in [0.15, 0.2) is 23.1 Å². The van der Waals surface area contributed by atoms with Crippen LogP contribution in [0.4, 0.5) is 0 Å². The molecule has 0 amide bonds. The maximum absolute atomic E-state index is 11.4. The second-order valence-corrected chi connectivity index (χ2v) is 5.35. The van der Waals surface area contributed by atoms with Crippen molar-refractivity contribution in [2.24, 2.45) is 0 Å². The van der Waals surface area contributed by atoms with Gasteiger partial charge in [0.15, 0.2) is 0 Å². The lowest BCUT2D eigenvalue weighted by molar-refractivity contribution is 0.594. The standard InChI is InChI=1S/C8H10BrNO2S/c1-6-4-3-5-8(7(6)2)13(11,12)10-9/h3-5,10H,1-2H3. The third kappa shape index (κ3) is 2.10. The van der Waals surface area contributed by atoms with Gasteiger partial charge in [0.2, 0.25) is 10.0 Å². The van der Waals surface area contributed by atoms with E-state index >= 15 is 0 Å². The molecule has 0 fully saturated rings. The van der Waals surface area contributed by atoms with Crippen LogP contribution in [0.5, 0.6) is 0 Å². The van der Waals surface area contributed by atoms with Gasteiger partial charge in [-0.25, -0.2) is 8.42 Å². The van der Waals surface area contributed by atoms with Crippen molar-refractivity contribution in [3.8, 4) is 0 Å². The number of halogens is 1. The summed E-state index contributed by atoms with van der Waals surface area (Å²) in [5, 5.41) is 0. The Kier molecular flexibility index (Phi) is 3.10. The molecule has 5 heteroatoms. The van der Waals surface area contributed by atoms with E-state index in [1.165, 1.54) is 0 Å². The fourth-order valence-corrected chi connectivity index (χ4v) is 2.48. The molecule has 0 aromatic heterocycles. The fraction of sp³-hybridized carbons (Fsp3) is 0.250. The smallest absolute Gasteiger partial charge is 0.206 e. The monoisotopic (exact) mass is 263 g/mol. The second-order valence-electron chi connectivity index (χ2n) is 2.78. The molecule has 0 spiro atoms. The van der Waals surface area contributed by atoms with Gasteiger partial charge in [0.05, 0.1) is 4.90 Å². The van der Waals surface area contributed by atoms with Crippen molar-refractivity contribution in [3.05, 3.63) is 29.3 Å². The summed E-state index contributed by atoms with van der Waals surface area (Å²) in [7, 11) is -3.38. The Morgan fingerprint density at radius 1 is 1.31 bits per heavy atom. The Labute approximate surface area is 86.5 Å². The van der Waals surface area contributed by atoms with Gasteiger partial charge in [0.25, 0.3) is 0 Å². The molecule has 0 saturated heterocycles. The van der Waals surface area contributed by atoms with Crippen molar-refractivity contribution in [3.63, 3.8) is 0 Å². The molecule has 0 bridgehead atoms. The van der Waals surface area contributed by atoms with Gasteiger partial charge in [0.1, 0.15) is 0 Å². The first kappa shape index (κ1) is 10.7. The van der Waals surface area contributed by atoms with Crippen molar-refractivity contribution in [1.82, 2.24) is 3.75 Å². The number of hydrogen-bond donors (Lipinski definition) is 1. The van der Waals surface area contributed by atoms with Crippen molar-refractivity contribution in [2.75, 3.05) is 0 Å². The van der Waals surface area contributed by atoms with Crippen LogP contribution in [-0.4, -0.2) is 8.42 Å². The largest absolute Gasteiger partial charge is 0.250 e. The summed E-state index contributed by atoms with van der Waals surface area (Å²) < 4.78 is 24.9. The van der Waals surface area contributed by atoms with E-state index in [2.05, 4.69) is 19.9 Å². The Morgan fingerprint density at radius 3 is 2.46 bits per heavy atom. The lowest BCUT2D eigenvalue weighted by atomic mass is 10.1. The van der Waals surface area contributed by atoms with Gasteiger partial charge >= 0.3 is 0 Å². The first-order valence-electron chi connectivity index (χ1n) is 3.67. The summed E-state index contributed by atoms with van der Waals surface area (Å²) in [6.07, 6.45) is 0. The molecule has 0 heterocycles. The minimum absolute atomic E-state index is 0.310. The van der Waals surface area contributed by atoms with Crippen molar-refractivity contribution >= 4 is 26.2 Å². The minimum Gasteiger partial charge on any atom is -0.206 e. The average molecular weight is 264 g/mol. The highest BCUT2D eigenvalue weighted by Crippen LogP contribution is 2.18. The van der Waals surface area contributed by atoms with E-state index in [4.69, 9.17) is 0 Å². The average Bonchev–Trinajstić information content (AvgIpc) is 2.09. The molecule has 0 atom stereocenters. The number of rotatable bonds is 2. The van der Waals surface area contributed by atoms with Gasteiger partial charge < -0.3 is 0 Å². The number of nitrogens with one attached hydrogen (secondary N) is 1. The second kappa shape index (κ2) is 3.77. The first-order valence-corrected chi connectivity index (χ1v) is 5.95. The molecule has 1 rings (SSSR count). The normalized spacial score (nSPS) is 11.6. The van der Waals surface area contributed by atoms with Crippen molar-refractivity contribution < 1.29 is 8.42 Å². The summed E-state index contributed by atoms with van der Waals surface area (Å²) in [5.41, 5.74) is 1.73. The van der Waals surface area contributed by atoms with Crippen LogP contribution in [0.2, 0.25) is 0 Å². The highest BCUT2D eigenvalue weighted by Gasteiger charge is 2.15. The minimum atomic E-state index is -3.38. The van der Waals surface area contributed by atoms with E-state index in [9.17, 15) is 8.42 Å². The van der Waals surface area contributed by atoms with E-state index in [0.29, 0.717) is 4.90 Å². The zero-order chi connectivity index (χ0) is 10.1. The Hall–Kier alpha value is -0.390. The van der Waals surface area contributed by atoms with Crippen LogP contribution in [0.3, 0.4) is 0 Å². The molecule has 1 aromatic rings. The maximum Gasteiger partial charge on any atom is 0.250 e. The molecule has 1 N–H and O–H groups in total. The van der Waals surface area contributed by atoms with Crippen LogP contribution in [0.25, 0.3) is 0 Å². The molecule has 72 valence electrons. The highest BCUT2D eigenvalue weighted by atomic mass is 79.9. The Bertz CT molecular complexity index is 414.